The van der Waals surface area contributed by atoms with Gasteiger partial charge in [0.15, 0.2) is 0 Å². The van der Waals surface area contributed by atoms with Crippen LogP contribution in [0.2, 0.25) is 0 Å². The van der Waals surface area contributed by atoms with Crippen molar-refractivity contribution in [1.82, 2.24) is 5.32 Å². The predicted molar refractivity (Wildman–Crippen MR) is 80.4 cm³/mol. The summed E-state index contributed by atoms with van der Waals surface area (Å²) in [6.45, 7) is 3.08. The van der Waals surface area contributed by atoms with Crippen molar-refractivity contribution in [3.05, 3.63) is 24.3 Å². The second kappa shape index (κ2) is 9.94. The monoisotopic (exact) mass is 316 g/mol. The van der Waals surface area contributed by atoms with Crippen molar-refractivity contribution in [2.24, 2.45) is 5.92 Å². The molecule has 0 heterocycles. The number of amides is 2. The molecule has 0 atom stereocenters. The smallest absolute Gasteiger partial charge is 0.387 e. The van der Waals surface area contributed by atoms with Crippen molar-refractivity contribution in [1.29, 1.82) is 0 Å². The van der Waals surface area contributed by atoms with Crippen molar-refractivity contribution in [2.75, 3.05) is 25.1 Å². The van der Waals surface area contributed by atoms with E-state index in [1.165, 1.54) is 24.3 Å². The third-order valence-corrected chi connectivity index (χ3v) is 2.54. The number of carbonyl (C=O) groups excluding carboxylic acids is 1. The minimum atomic E-state index is -2.86. The number of nitrogens with one attached hydrogen (secondary N) is 2. The molecule has 2 N–H and O–H groups in total. The molecule has 5 nitrogen and oxygen atoms in total. The molecule has 1 aromatic carbocycles. The van der Waals surface area contributed by atoms with Gasteiger partial charge in [-0.05, 0) is 36.6 Å². The van der Waals surface area contributed by atoms with Gasteiger partial charge in [0.05, 0.1) is 0 Å². The fraction of sp³-hybridized carbons (Fsp3) is 0.533. The first-order valence-corrected chi connectivity index (χ1v) is 7.15. The molecule has 1 rings (SSSR count). The van der Waals surface area contributed by atoms with Gasteiger partial charge in [0.2, 0.25) is 0 Å². The normalized spacial score (nSPS) is 10.8. The summed E-state index contributed by atoms with van der Waals surface area (Å²) >= 11 is 0. The molecule has 0 bridgehead atoms. The number of hydrogen-bond donors (Lipinski definition) is 2. The maximum Gasteiger partial charge on any atom is 0.387 e. The van der Waals surface area contributed by atoms with Crippen LogP contribution in [-0.2, 0) is 4.74 Å². The second-order valence-corrected chi connectivity index (χ2v) is 5.11. The van der Waals surface area contributed by atoms with E-state index in [9.17, 15) is 13.6 Å². The summed E-state index contributed by atoms with van der Waals surface area (Å²) in [6.07, 6.45) is 0.724. The average molecular weight is 316 g/mol. The van der Waals surface area contributed by atoms with Crippen LogP contribution in [0.4, 0.5) is 19.3 Å². The number of urea groups is 1. The maximum atomic E-state index is 12.0. The van der Waals surface area contributed by atoms with Crippen molar-refractivity contribution in [2.45, 2.75) is 26.9 Å². The summed E-state index contributed by atoms with van der Waals surface area (Å²) in [6, 6.07) is 5.35. The molecule has 124 valence electrons. The minimum Gasteiger partial charge on any atom is -0.435 e. The van der Waals surface area contributed by atoms with Gasteiger partial charge in [-0.3, -0.25) is 0 Å². The van der Waals surface area contributed by atoms with Crippen LogP contribution >= 0.6 is 0 Å². The molecule has 0 unspecified atom stereocenters. The maximum absolute atomic E-state index is 12.0. The van der Waals surface area contributed by atoms with Gasteiger partial charge in [0.25, 0.3) is 0 Å². The molecule has 22 heavy (non-hydrogen) atoms. The van der Waals surface area contributed by atoms with Crippen LogP contribution < -0.4 is 15.4 Å². The number of carbonyl (C=O) groups is 1. The molecule has 0 aliphatic carbocycles. The molecule has 0 aromatic heterocycles. The molecule has 7 heteroatoms. The van der Waals surface area contributed by atoms with Crippen molar-refractivity contribution in [3.8, 4) is 5.75 Å². The topological polar surface area (TPSA) is 59.6 Å². The van der Waals surface area contributed by atoms with E-state index in [-0.39, 0.29) is 11.8 Å². The number of hydrogen-bond acceptors (Lipinski definition) is 3. The summed E-state index contributed by atoms with van der Waals surface area (Å²) in [7, 11) is 0. The molecule has 0 spiro atoms. The molecule has 0 aliphatic heterocycles. The summed E-state index contributed by atoms with van der Waals surface area (Å²) in [5.74, 6) is 0.538. The zero-order chi connectivity index (χ0) is 16.4. The highest BCUT2D eigenvalue weighted by atomic mass is 19.3. The van der Waals surface area contributed by atoms with Crippen LogP contribution in [0.5, 0.6) is 5.75 Å². The lowest BCUT2D eigenvalue weighted by Gasteiger charge is -2.09. The fourth-order valence-corrected chi connectivity index (χ4v) is 1.59. The molecule has 2 amide bonds. The summed E-state index contributed by atoms with van der Waals surface area (Å²) < 4.78 is 33.6. The number of alkyl halides is 2. The van der Waals surface area contributed by atoms with Crippen LogP contribution in [-0.4, -0.2) is 32.4 Å². The zero-order valence-corrected chi connectivity index (χ0v) is 12.8. The summed E-state index contributed by atoms with van der Waals surface area (Å²) in [5.41, 5.74) is 0.496. The molecule has 0 fully saturated rings. The molecule has 0 saturated carbocycles. The van der Waals surface area contributed by atoms with E-state index in [1.807, 2.05) is 0 Å². The van der Waals surface area contributed by atoms with E-state index in [0.717, 1.165) is 6.42 Å². The Morgan fingerprint density at radius 3 is 2.50 bits per heavy atom. The van der Waals surface area contributed by atoms with Gasteiger partial charge in [-0.15, -0.1) is 0 Å². The highest BCUT2D eigenvalue weighted by molar-refractivity contribution is 5.89. The van der Waals surface area contributed by atoms with Gasteiger partial charge >= 0.3 is 12.6 Å². The Kier molecular flexibility index (Phi) is 8.21. The van der Waals surface area contributed by atoms with Gasteiger partial charge in [-0.2, -0.15) is 8.78 Å². The first-order chi connectivity index (χ1) is 10.5. The van der Waals surface area contributed by atoms with Crippen molar-refractivity contribution >= 4 is 11.7 Å². The van der Waals surface area contributed by atoms with Gasteiger partial charge in [-0.25, -0.2) is 4.79 Å². The van der Waals surface area contributed by atoms with Crippen LogP contribution in [0.3, 0.4) is 0 Å². The Balaban J connectivity index is 2.19. The van der Waals surface area contributed by atoms with Crippen LogP contribution in [0.25, 0.3) is 0 Å². The average Bonchev–Trinajstić information content (AvgIpc) is 2.44. The molecule has 0 saturated heterocycles. The molecular formula is C15H22F2N2O3. The van der Waals surface area contributed by atoms with Crippen molar-refractivity contribution < 1.29 is 23.0 Å². The van der Waals surface area contributed by atoms with Gasteiger partial charge in [-0.1, -0.05) is 13.8 Å². The van der Waals surface area contributed by atoms with E-state index in [0.29, 0.717) is 31.4 Å². The summed E-state index contributed by atoms with van der Waals surface area (Å²) in [4.78, 5) is 11.6. The highest BCUT2D eigenvalue weighted by Crippen LogP contribution is 2.17. The first-order valence-electron chi connectivity index (χ1n) is 7.15. The number of anilines is 1. The SMILES string of the molecule is CC(C)COCCCNC(=O)Nc1ccc(OC(F)F)cc1. The molecular weight excluding hydrogens is 294 g/mol. The minimum absolute atomic E-state index is 0.0447. The third-order valence-electron chi connectivity index (χ3n) is 2.54. The molecule has 0 radical (unpaired) electrons. The van der Waals surface area contributed by atoms with Gasteiger partial charge in [0, 0.05) is 25.4 Å². The lowest BCUT2D eigenvalue weighted by Crippen LogP contribution is -2.30. The van der Waals surface area contributed by atoms with Crippen LogP contribution in [0.1, 0.15) is 20.3 Å². The Labute approximate surface area is 129 Å². The van der Waals surface area contributed by atoms with E-state index in [2.05, 4.69) is 29.2 Å². The third kappa shape index (κ3) is 8.41. The second-order valence-electron chi connectivity index (χ2n) is 5.11. The Hall–Kier alpha value is -1.89. The van der Waals surface area contributed by atoms with Gasteiger partial charge < -0.3 is 20.1 Å². The fourth-order valence-electron chi connectivity index (χ4n) is 1.59. The quantitative estimate of drug-likeness (QED) is 0.686. The van der Waals surface area contributed by atoms with E-state index in [1.54, 1.807) is 0 Å². The van der Waals surface area contributed by atoms with Crippen molar-refractivity contribution in [3.63, 3.8) is 0 Å². The molecule has 0 aliphatic rings. The lowest BCUT2D eigenvalue weighted by atomic mass is 10.2. The number of benzene rings is 1. The van der Waals surface area contributed by atoms with Crippen LogP contribution in [0, 0.1) is 5.92 Å². The number of ether oxygens (including phenoxy) is 2. The largest absolute Gasteiger partial charge is 0.435 e. The number of rotatable bonds is 9. The predicted octanol–water partition coefficient (Wildman–Crippen LogP) is 3.47. The number of halogens is 2. The first kappa shape index (κ1) is 18.2. The van der Waals surface area contributed by atoms with E-state index < -0.39 is 6.61 Å². The van der Waals surface area contributed by atoms with Crippen LogP contribution in [0.15, 0.2) is 24.3 Å². The lowest BCUT2D eigenvalue weighted by molar-refractivity contribution is -0.0498. The highest BCUT2D eigenvalue weighted by Gasteiger charge is 2.05. The van der Waals surface area contributed by atoms with E-state index in [4.69, 9.17) is 4.74 Å². The standard InChI is InChI=1S/C15H22F2N2O3/c1-11(2)10-21-9-3-8-18-15(20)19-12-4-6-13(7-5-12)22-14(16)17/h4-7,11,14H,3,8-10H2,1-2H3,(H2,18,19,20). The van der Waals surface area contributed by atoms with E-state index >= 15 is 0 Å². The Morgan fingerprint density at radius 1 is 1.23 bits per heavy atom. The summed E-state index contributed by atoms with van der Waals surface area (Å²) in [5, 5.41) is 5.28. The van der Waals surface area contributed by atoms with Gasteiger partial charge in [0.1, 0.15) is 5.75 Å². The Bertz CT molecular complexity index is 439. The molecule has 1 aromatic rings. The zero-order valence-electron chi connectivity index (χ0n) is 12.8. The Morgan fingerprint density at radius 2 is 1.91 bits per heavy atom.